The van der Waals surface area contributed by atoms with E-state index in [1.165, 1.54) is 6.92 Å². The van der Waals surface area contributed by atoms with Crippen molar-refractivity contribution in [3.05, 3.63) is 46.8 Å². The Morgan fingerprint density at radius 1 is 1.36 bits per heavy atom. The summed E-state index contributed by atoms with van der Waals surface area (Å²) in [5.41, 5.74) is 1.26. The number of Topliss-reactive ketones (excluding diaryl/α,β-unsaturated/α-hetero) is 2. The Kier molecular flexibility index (Phi) is 5.46. The van der Waals surface area contributed by atoms with Crippen LogP contribution in [0.4, 0.5) is 0 Å². The van der Waals surface area contributed by atoms with Gasteiger partial charge in [0.25, 0.3) is 0 Å². The summed E-state index contributed by atoms with van der Waals surface area (Å²) in [5.74, 6) is -1.24. The molecule has 0 N–H and O–H groups in total. The molecule has 4 atom stereocenters. The molecule has 1 saturated heterocycles. The van der Waals surface area contributed by atoms with Gasteiger partial charge in [-0.25, -0.2) is 0 Å². The normalized spacial score (nSPS) is 31.2. The summed E-state index contributed by atoms with van der Waals surface area (Å²) in [6, 6.07) is 0. The van der Waals surface area contributed by atoms with Crippen molar-refractivity contribution >= 4 is 17.5 Å². The summed E-state index contributed by atoms with van der Waals surface area (Å²) < 4.78 is 11.2. The van der Waals surface area contributed by atoms with Crippen LogP contribution in [-0.2, 0) is 23.9 Å². The summed E-state index contributed by atoms with van der Waals surface area (Å²) >= 11 is 0. The van der Waals surface area contributed by atoms with Crippen LogP contribution in [0.2, 0.25) is 0 Å². The zero-order valence-electron chi connectivity index (χ0n) is 17.2. The van der Waals surface area contributed by atoms with Crippen LogP contribution in [0.5, 0.6) is 0 Å². The molecule has 0 aromatic rings. The molecule has 1 aliphatic carbocycles. The van der Waals surface area contributed by atoms with Crippen molar-refractivity contribution in [3.8, 4) is 0 Å². The Balaban J connectivity index is 1.87. The molecule has 5 heteroatoms. The van der Waals surface area contributed by atoms with E-state index < -0.39 is 23.4 Å². The molecule has 3 aliphatic rings. The predicted octanol–water partition coefficient (Wildman–Crippen LogP) is 3.86. The Morgan fingerprint density at radius 2 is 2.07 bits per heavy atom. The van der Waals surface area contributed by atoms with Crippen molar-refractivity contribution < 1.29 is 23.9 Å². The molecule has 150 valence electrons. The number of rotatable bonds is 5. The van der Waals surface area contributed by atoms with Gasteiger partial charge in [-0.15, -0.1) is 0 Å². The Labute approximate surface area is 166 Å². The van der Waals surface area contributed by atoms with Gasteiger partial charge in [-0.05, 0) is 50.8 Å². The Bertz CT molecular complexity index is 841. The van der Waals surface area contributed by atoms with E-state index in [2.05, 4.69) is 19.9 Å². The van der Waals surface area contributed by atoms with E-state index in [0.29, 0.717) is 23.7 Å². The highest BCUT2D eigenvalue weighted by molar-refractivity contribution is 6.10. The van der Waals surface area contributed by atoms with Crippen molar-refractivity contribution in [1.29, 1.82) is 0 Å². The molecule has 1 fully saturated rings. The van der Waals surface area contributed by atoms with Gasteiger partial charge >= 0.3 is 5.97 Å². The standard InChI is InChI=1S/C23H28O5/c1-6-13(2)9-14(3)7-8-17-10-16-11-19-20(15(4)24)22(26)28-23(19,5)21(25)18(16)12-27-17/h7-10,13,19-20H,6,11-12H2,1-5H3/b8-7+,14-9+/t13-,19+,20-,23-/m0/s1. The first-order chi connectivity index (χ1) is 13.2. The van der Waals surface area contributed by atoms with Crippen LogP contribution < -0.4 is 0 Å². The summed E-state index contributed by atoms with van der Waals surface area (Å²) in [6.45, 7) is 9.53. The molecule has 5 nitrogen and oxygen atoms in total. The minimum Gasteiger partial charge on any atom is -0.489 e. The highest BCUT2D eigenvalue weighted by Gasteiger charge is 2.61. The number of esters is 1. The smallest absolute Gasteiger partial charge is 0.317 e. The molecular weight excluding hydrogens is 356 g/mol. The number of fused-ring (bicyclic) bond motifs is 1. The van der Waals surface area contributed by atoms with E-state index in [1.54, 1.807) is 6.92 Å². The largest absolute Gasteiger partial charge is 0.489 e. The number of carbonyl (C=O) groups is 3. The molecule has 0 unspecified atom stereocenters. The van der Waals surface area contributed by atoms with Gasteiger partial charge in [0.05, 0.1) is 0 Å². The topological polar surface area (TPSA) is 69.7 Å². The van der Waals surface area contributed by atoms with Crippen molar-refractivity contribution in [3.63, 3.8) is 0 Å². The summed E-state index contributed by atoms with van der Waals surface area (Å²) in [7, 11) is 0. The molecule has 0 aromatic heterocycles. The number of ether oxygens (including phenoxy) is 2. The van der Waals surface area contributed by atoms with Gasteiger partial charge in [-0.2, -0.15) is 0 Å². The second-order valence-corrected chi connectivity index (χ2v) is 8.22. The van der Waals surface area contributed by atoms with Crippen LogP contribution in [0, 0.1) is 17.8 Å². The second kappa shape index (κ2) is 7.53. The zero-order valence-corrected chi connectivity index (χ0v) is 17.2. The second-order valence-electron chi connectivity index (χ2n) is 8.22. The monoisotopic (exact) mass is 384 g/mol. The van der Waals surface area contributed by atoms with E-state index in [4.69, 9.17) is 9.47 Å². The third-order valence-corrected chi connectivity index (χ3v) is 6.07. The summed E-state index contributed by atoms with van der Waals surface area (Å²) in [4.78, 5) is 37.2. The lowest BCUT2D eigenvalue weighted by molar-refractivity contribution is -0.157. The fourth-order valence-electron chi connectivity index (χ4n) is 4.22. The number of ketones is 2. The first-order valence-electron chi connectivity index (χ1n) is 9.88. The van der Waals surface area contributed by atoms with Crippen molar-refractivity contribution in [1.82, 2.24) is 0 Å². The maximum absolute atomic E-state index is 13.0. The summed E-state index contributed by atoms with van der Waals surface area (Å²) in [6.07, 6.45) is 9.49. The SMILES string of the molecule is CC[C@H](C)/C=C(C)/C=C/C1=CC2=C(CO1)C(=O)[C@@]1(C)OC(=O)[C@@H](C(C)=O)[C@H]1C2. The van der Waals surface area contributed by atoms with E-state index in [-0.39, 0.29) is 18.2 Å². The van der Waals surface area contributed by atoms with Gasteiger partial charge in [0.15, 0.2) is 5.60 Å². The Hall–Kier alpha value is -2.43. The quantitative estimate of drug-likeness (QED) is 0.409. The molecule has 2 aliphatic heterocycles. The molecule has 3 rings (SSSR count). The van der Waals surface area contributed by atoms with E-state index >= 15 is 0 Å². The molecule has 0 saturated carbocycles. The van der Waals surface area contributed by atoms with Crippen molar-refractivity contribution in [2.24, 2.45) is 17.8 Å². The number of carbonyl (C=O) groups excluding carboxylic acids is 3. The Morgan fingerprint density at radius 3 is 2.71 bits per heavy atom. The first kappa shape index (κ1) is 20.3. The average Bonchev–Trinajstić information content (AvgIpc) is 2.90. The molecule has 0 bridgehead atoms. The molecule has 0 amide bonds. The fraction of sp³-hybridized carbons (Fsp3) is 0.522. The van der Waals surface area contributed by atoms with E-state index in [0.717, 1.165) is 17.6 Å². The van der Waals surface area contributed by atoms with Crippen LogP contribution in [0.25, 0.3) is 0 Å². The van der Waals surface area contributed by atoms with Crippen LogP contribution >= 0.6 is 0 Å². The molecule has 0 spiro atoms. The van der Waals surface area contributed by atoms with Crippen LogP contribution in [0.1, 0.15) is 47.5 Å². The van der Waals surface area contributed by atoms with E-state index in [1.807, 2.05) is 25.2 Å². The summed E-state index contributed by atoms with van der Waals surface area (Å²) in [5, 5.41) is 0. The van der Waals surface area contributed by atoms with Gasteiger partial charge in [-0.1, -0.05) is 38.0 Å². The minimum absolute atomic E-state index is 0.156. The number of hydrogen-bond acceptors (Lipinski definition) is 5. The minimum atomic E-state index is -1.27. The third-order valence-electron chi connectivity index (χ3n) is 6.07. The van der Waals surface area contributed by atoms with Gasteiger partial charge in [-0.3, -0.25) is 14.4 Å². The lowest BCUT2D eigenvalue weighted by Crippen LogP contribution is -2.48. The lowest BCUT2D eigenvalue weighted by Gasteiger charge is -2.36. The zero-order chi connectivity index (χ0) is 20.6. The van der Waals surface area contributed by atoms with Crippen LogP contribution in [0.15, 0.2) is 46.8 Å². The molecule has 0 radical (unpaired) electrons. The maximum atomic E-state index is 13.0. The average molecular weight is 384 g/mol. The van der Waals surface area contributed by atoms with Gasteiger partial charge in [0.2, 0.25) is 5.78 Å². The first-order valence-corrected chi connectivity index (χ1v) is 9.88. The van der Waals surface area contributed by atoms with Gasteiger partial charge < -0.3 is 9.47 Å². The third kappa shape index (κ3) is 3.50. The lowest BCUT2D eigenvalue weighted by atomic mass is 9.68. The molecule has 2 heterocycles. The highest BCUT2D eigenvalue weighted by atomic mass is 16.6. The van der Waals surface area contributed by atoms with Crippen LogP contribution in [0.3, 0.4) is 0 Å². The van der Waals surface area contributed by atoms with Crippen LogP contribution in [-0.4, -0.2) is 29.7 Å². The van der Waals surface area contributed by atoms with Gasteiger partial charge in [0, 0.05) is 11.5 Å². The van der Waals surface area contributed by atoms with Crippen molar-refractivity contribution in [2.75, 3.05) is 6.61 Å². The predicted molar refractivity (Wildman–Crippen MR) is 105 cm³/mol. The fourth-order valence-corrected chi connectivity index (χ4v) is 4.22. The van der Waals surface area contributed by atoms with Crippen molar-refractivity contribution in [2.45, 2.75) is 53.1 Å². The maximum Gasteiger partial charge on any atom is 0.317 e. The highest BCUT2D eigenvalue weighted by Crippen LogP contribution is 2.48. The molecular formula is C23H28O5. The molecule has 0 aromatic carbocycles. The van der Waals surface area contributed by atoms with E-state index in [9.17, 15) is 14.4 Å². The number of hydrogen-bond donors (Lipinski definition) is 0. The molecule has 28 heavy (non-hydrogen) atoms. The number of allylic oxidation sites excluding steroid dienone is 6. The van der Waals surface area contributed by atoms with Gasteiger partial charge in [0.1, 0.15) is 24.1 Å².